The van der Waals surface area contributed by atoms with E-state index in [1.165, 1.54) is 37.4 Å². The molecule has 0 radical (unpaired) electrons. The van der Waals surface area contributed by atoms with Crippen LogP contribution in [0.1, 0.15) is 11.3 Å². The molecule has 22 heavy (non-hydrogen) atoms. The summed E-state index contributed by atoms with van der Waals surface area (Å²) in [5.74, 6) is -0.518. The fourth-order valence-electron chi connectivity index (χ4n) is 1.98. The van der Waals surface area contributed by atoms with Gasteiger partial charge in [-0.1, -0.05) is 18.2 Å². The lowest BCUT2D eigenvalue weighted by atomic mass is 10.2. The van der Waals surface area contributed by atoms with Crippen molar-refractivity contribution in [1.29, 1.82) is 0 Å². The molecule has 0 spiro atoms. The van der Waals surface area contributed by atoms with Crippen LogP contribution in [0.5, 0.6) is 0 Å². The lowest BCUT2D eigenvalue weighted by Gasteiger charge is -2.07. The molecule has 1 heterocycles. The highest BCUT2D eigenvalue weighted by atomic mass is 19.1. The van der Waals surface area contributed by atoms with Gasteiger partial charge in [-0.05, 0) is 18.2 Å². The van der Waals surface area contributed by atoms with E-state index in [9.17, 15) is 24.1 Å². The lowest BCUT2D eigenvalue weighted by Crippen LogP contribution is -2.39. The standard InChI is InChI=1S/C14H12FN3O4/c1-16-11(8-7-9-5-3-4-6-10(9)15)12(18(21)22)13(19)17(2)14(16)20/h3-8H,1-2H3/b8-7+. The number of benzene rings is 1. The van der Waals surface area contributed by atoms with E-state index in [2.05, 4.69) is 0 Å². The third-order valence-corrected chi connectivity index (χ3v) is 3.19. The van der Waals surface area contributed by atoms with Gasteiger partial charge < -0.3 is 0 Å². The Balaban J connectivity index is 2.71. The van der Waals surface area contributed by atoms with Gasteiger partial charge >= 0.3 is 16.9 Å². The highest BCUT2D eigenvalue weighted by Gasteiger charge is 2.23. The van der Waals surface area contributed by atoms with Gasteiger partial charge in [0.15, 0.2) is 0 Å². The molecule has 8 heteroatoms. The fourth-order valence-corrected chi connectivity index (χ4v) is 1.98. The van der Waals surface area contributed by atoms with Crippen LogP contribution >= 0.6 is 0 Å². The number of rotatable bonds is 3. The smallest absolute Gasteiger partial charge is 0.291 e. The first kappa shape index (κ1) is 15.4. The molecule has 0 aliphatic rings. The van der Waals surface area contributed by atoms with Crippen LogP contribution in [0.2, 0.25) is 0 Å². The van der Waals surface area contributed by atoms with Crippen molar-refractivity contribution >= 4 is 17.8 Å². The SMILES string of the molecule is Cn1c(/C=C/c2ccccc2F)c([N+](=O)[O-])c(=O)n(C)c1=O. The van der Waals surface area contributed by atoms with Crippen LogP contribution in [-0.4, -0.2) is 14.1 Å². The molecule has 0 fully saturated rings. The Morgan fingerprint density at radius 2 is 1.77 bits per heavy atom. The Labute approximate surface area is 123 Å². The molecule has 0 saturated carbocycles. The summed E-state index contributed by atoms with van der Waals surface area (Å²) < 4.78 is 15.2. The van der Waals surface area contributed by atoms with Gasteiger partial charge in [-0.2, -0.15) is 0 Å². The zero-order chi connectivity index (χ0) is 16.4. The van der Waals surface area contributed by atoms with Gasteiger partial charge in [0.05, 0.1) is 4.92 Å². The van der Waals surface area contributed by atoms with Crippen molar-refractivity contribution in [1.82, 2.24) is 9.13 Å². The van der Waals surface area contributed by atoms with Crippen LogP contribution in [0.25, 0.3) is 12.2 Å². The number of hydrogen-bond donors (Lipinski definition) is 0. The average Bonchev–Trinajstić information content (AvgIpc) is 2.48. The van der Waals surface area contributed by atoms with Crippen LogP contribution in [0.15, 0.2) is 33.9 Å². The molecule has 0 atom stereocenters. The molecule has 1 aromatic carbocycles. The third kappa shape index (κ3) is 2.58. The topological polar surface area (TPSA) is 87.1 Å². The predicted octanol–water partition coefficient (Wildman–Crippen LogP) is 1.30. The van der Waals surface area contributed by atoms with Crippen LogP contribution in [0, 0.1) is 15.9 Å². The Morgan fingerprint density at radius 1 is 1.14 bits per heavy atom. The number of aromatic nitrogens is 2. The van der Waals surface area contributed by atoms with E-state index in [0.29, 0.717) is 4.57 Å². The minimum absolute atomic E-state index is 0.185. The molecule has 0 bridgehead atoms. The maximum absolute atomic E-state index is 13.6. The van der Waals surface area contributed by atoms with Crippen molar-refractivity contribution in [3.8, 4) is 0 Å². The molecule has 2 rings (SSSR count). The molecule has 0 unspecified atom stereocenters. The lowest BCUT2D eigenvalue weighted by molar-refractivity contribution is -0.387. The Kier molecular flexibility index (Phi) is 4.02. The summed E-state index contributed by atoms with van der Waals surface area (Å²) in [4.78, 5) is 34.0. The van der Waals surface area contributed by atoms with E-state index in [-0.39, 0.29) is 11.3 Å². The van der Waals surface area contributed by atoms with Crippen LogP contribution in [0.4, 0.5) is 10.1 Å². The summed E-state index contributed by atoms with van der Waals surface area (Å²) in [5.41, 5.74) is -2.46. The van der Waals surface area contributed by atoms with Gasteiger partial charge in [-0.25, -0.2) is 9.18 Å². The highest BCUT2D eigenvalue weighted by molar-refractivity contribution is 5.72. The molecule has 1 aromatic heterocycles. The largest absolute Gasteiger partial charge is 0.357 e. The summed E-state index contributed by atoms with van der Waals surface area (Å²) in [6.07, 6.45) is 2.45. The zero-order valence-corrected chi connectivity index (χ0v) is 11.8. The van der Waals surface area contributed by atoms with E-state index >= 15 is 0 Å². The Hall–Kier alpha value is -3.03. The van der Waals surface area contributed by atoms with Gasteiger partial charge in [0.25, 0.3) is 0 Å². The van der Waals surface area contributed by atoms with Crippen LogP contribution in [0.3, 0.4) is 0 Å². The quantitative estimate of drug-likeness (QED) is 0.631. The van der Waals surface area contributed by atoms with Crippen molar-refractivity contribution < 1.29 is 9.31 Å². The van der Waals surface area contributed by atoms with Crippen LogP contribution < -0.4 is 11.2 Å². The first-order valence-corrected chi connectivity index (χ1v) is 6.21. The molecule has 2 aromatic rings. The second-order valence-electron chi connectivity index (χ2n) is 4.55. The van der Waals surface area contributed by atoms with Gasteiger partial charge in [0, 0.05) is 19.7 Å². The fraction of sp³-hybridized carbons (Fsp3) is 0.143. The highest BCUT2D eigenvalue weighted by Crippen LogP contribution is 2.16. The summed E-state index contributed by atoms with van der Waals surface area (Å²) in [5, 5.41) is 11.1. The number of hydrogen-bond acceptors (Lipinski definition) is 4. The van der Waals surface area contributed by atoms with E-state index in [4.69, 9.17) is 0 Å². The van der Waals surface area contributed by atoms with E-state index in [1.54, 1.807) is 6.07 Å². The summed E-state index contributed by atoms with van der Waals surface area (Å²) in [7, 11) is 2.46. The molecule has 0 aliphatic heterocycles. The van der Waals surface area contributed by atoms with Gasteiger partial charge in [-0.3, -0.25) is 24.0 Å². The Bertz CT molecular complexity index is 896. The molecule has 114 valence electrons. The first-order valence-electron chi connectivity index (χ1n) is 6.21. The second kappa shape index (κ2) is 5.76. The third-order valence-electron chi connectivity index (χ3n) is 3.19. The number of halogens is 1. The maximum Gasteiger partial charge on any atom is 0.357 e. The van der Waals surface area contributed by atoms with Crippen LogP contribution in [-0.2, 0) is 14.1 Å². The number of nitrogens with zero attached hydrogens (tertiary/aromatic N) is 3. The van der Waals surface area contributed by atoms with E-state index in [0.717, 1.165) is 11.6 Å². The maximum atomic E-state index is 13.6. The predicted molar refractivity (Wildman–Crippen MR) is 78.9 cm³/mol. The molecule has 0 aliphatic carbocycles. The summed E-state index contributed by atoms with van der Waals surface area (Å²) in [6.45, 7) is 0. The minimum atomic E-state index is -1.01. The van der Waals surface area contributed by atoms with Crippen molar-refractivity contribution in [2.45, 2.75) is 0 Å². The Morgan fingerprint density at radius 3 is 2.36 bits per heavy atom. The van der Waals surface area contributed by atoms with Crippen molar-refractivity contribution in [3.05, 3.63) is 72.3 Å². The summed E-state index contributed by atoms with van der Waals surface area (Å²) >= 11 is 0. The first-order chi connectivity index (χ1) is 10.3. The van der Waals surface area contributed by atoms with E-state index in [1.807, 2.05) is 0 Å². The molecule has 7 nitrogen and oxygen atoms in total. The van der Waals surface area contributed by atoms with Gasteiger partial charge in [-0.15, -0.1) is 0 Å². The molecule has 0 saturated heterocycles. The summed E-state index contributed by atoms with van der Waals surface area (Å²) in [6, 6.07) is 5.80. The monoisotopic (exact) mass is 305 g/mol. The molecular weight excluding hydrogens is 293 g/mol. The van der Waals surface area contributed by atoms with Crippen molar-refractivity contribution in [2.75, 3.05) is 0 Å². The zero-order valence-electron chi connectivity index (χ0n) is 11.8. The van der Waals surface area contributed by atoms with E-state index < -0.39 is 27.7 Å². The second-order valence-corrected chi connectivity index (χ2v) is 4.55. The molecular formula is C14H12FN3O4. The molecule has 0 N–H and O–H groups in total. The minimum Gasteiger partial charge on any atom is -0.291 e. The average molecular weight is 305 g/mol. The number of nitro groups is 1. The van der Waals surface area contributed by atoms with Crippen molar-refractivity contribution in [3.63, 3.8) is 0 Å². The van der Waals surface area contributed by atoms with Gasteiger partial charge in [0.1, 0.15) is 11.5 Å². The normalized spacial score (nSPS) is 11.0. The van der Waals surface area contributed by atoms with Crippen molar-refractivity contribution in [2.24, 2.45) is 14.1 Å². The van der Waals surface area contributed by atoms with Gasteiger partial charge in [0.2, 0.25) is 0 Å². The molecule has 0 amide bonds.